The molecular weight excluding hydrogens is 254 g/mol. The Morgan fingerprint density at radius 3 is 2.15 bits per heavy atom. The van der Waals surface area contributed by atoms with Gasteiger partial charge in [0.05, 0.1) is 0 Å². The summed E-state index contributed by atoms with van der Waals surface area (Å²) in [6.07, 6.45) is 4.58. The largest absolute Gasteiger partial charge is 0.341 e. The van der Waals surface area contributed by atoms with Gasteiger partial charge < -0.3 is 15.5 Å². The van der Waals surface area contributed by atoms with Gasteiger partial charge in [-0.2, -0.15) is 0 Å². The van der Waals surface area contributed by atoms with Crippen LogP contribution in [0, 0.1) is 0 Å². The van der Waals surface area contributed by atoms with Crippen molar-refractivity contribution >= 4 is 17.6 Å². The molecule has 1 aliphatic rings. The van der Waals surface area contributed by atoms with Crippen LogP contribution in [-0.2, 0) is 0 Å². The van der Waals surface area contributed by atoms with E-state index in [9.17, 15) is 9.59 Å². The number of carbonyl (C=O) groups is 2. The zero-order valence-electron chi connectivity index (χ0n) is 11.8. The minimum Gasteiger partial charge on any atom is -0.341 e. The number of anilines is 1. The highest BCUT2D eigenvalue weighted by Crippen LogP contribution is 2.15. The minimum atomic E-state index is -0.267. The van der Waals surface area contributed by atoms with E-state index < -0.39 is 0 Å². The normalized spacial score (nSPS) is 15.3. The van der Waals surface area contributed by atoms with Gasteiger partial charge in [0, 0.05) is 31.4 Å². The molecule has 1 aliphatic heterocycles. The maximum atomic E-state index is 12.4. The molecule has 2 rings (SSSR count). The van der Waals surface area contributed by atoms with E-state index in [2.05, 4.69) is 10.6 Å². The number of carbonyl (C=O) groups excluding carboxylic acids is 2. The summed E-state index contributed by atoms with van der Waals surface area (Å²) in [6, 6.07) is 6.76. The first-order chi connectivity index (χ1) is 9.70. The van der Waals surface area contributed by atoms with Gasteiger partial charge in [0.1, 0.15) is 0 Å². The second-order valence-electron chi connectivity index (χ2n) is 4.99. The molecule has 5 nitrogen and oxygen atoms in total. The average Bonchev–Trinajstić information content (AvgIpc) is 2.76. The summed E-state index contributed by atoms with van der Waals surface area (Å²) in [6.45, 7) is 1.69. The Hall–Kier alpha value is -2.04. The maximum Gasteiger partial charge on any atom is 0.318 e. The molecule has 2 N–H and O–H groups in total. The van der Waals surface area contributed by atoms with Crippen molar-refractivity contribution in [2.45, 2.75) is 25.7 Å². The quantitative estimate of drug-likeness (QED) is 0.871. The zero-order chi connectivity index (χ0) is 14.4. The highest BCUT2D eigenvalue weighted by atomic mass is 16.2. The lowest BCUT2D eigenvalue weighted by Gasteiger charge is -2.20. The fraction of sp³-hybridized carbons (Fsp3) is 0.467. The third-order valence-electron chi connectivity index (χ3n) is 3.51. The van der Waals surface area contributed by atoms with Crippen molar-refractivity contribution in [3.63, 3.8) is 0 Å². The van der Waals surface area contributed by atoms with E-state index >= 15 is 0 Å². The van der Waals surface area contributed by atoms with Crippen molar-refractivity contribution in [1.82, 2.24) is 10.2 Å². The van der Waals surface area contributed by atoms with Gasteiger partial charge in [-0.25, -0.2) is 4.79 Å². The number of nitrogens with one attached hydrogen (secondary N) is 2. The number of urea groups is 1. The molecule has 0 atom stereocenters. The topological polar surface area (TPSA) is 61.4 Å². The Morgan fingerprint density at radius 2 is 1.60 bits per heavy atom. The Morgan fingerprint density at radius 1 is 1.00 bits per heavy atom. The minimum absolute atomic E-state index is 0.0818. The van der Waals surface area contributed by atoms with Crippen LogP contribution in [0.25, 0.3) is 0 Å². The van der Waals surface area contributed by atoms with E-state index in [0.29, 0.717) is 11.3 Å². The van der Waals surface area contributed by atoms with Crippen LogP contribution in [-0.4, -0.2) is 37.0 Å². The predicted molar refractivity (Wildman–Crippen MR) is 78.9 cm³/mol. The lowest BCUT2D eigenvalue weighted by molar-refractivity contribution is 0.0761. The summed E-state index contributed by atoms with van der Waals surface area (Å²) in [5, 5.41) is 5.16. The lowest BCUT2D eigenvalue weighted by Crippen LogP contribution is -2.31. The van der Waals surface area contributed by atoms with Crippen LogP contribution in [0.15, 0.2) is 24.3 Å². The monoisotopic (exact) mass is 275 g/mol. The molecule has 108 valence electrons. The number of rotatable bonds is 2. The average molecular weight is 275 g/mol. The second-order valence-corrected chi connectivity index (χ2v) is 4.99. The summed E-state index contributed by atoms with van der Waals surface area (Å²) >= 11 is 0. The van der Waals surface area contributed by atoms with Gasteiger partial charge in [0.25, 0.3) is 5.91 Å². The molecule has 1 fully saturated rings. The second kappa shape index (κ2) is 6.93. The first-order valence-corrected chi connectivity index (χ1v) is 7.09. The molecule has 1 aromatic carbocycles. The highest BCUT2D eigenvalue weighted by molar-refractivity contribution is 5.95. The van der Waals surface area contributed by atoms with Crippen molar-refractivity contribution in [2.75, 3.05) is 25.5 Å². The Labute approximate surface area is 119 Å². The lowest BCUT2D eigenvalue weighted by atomic mass is 10.1. The van der Waals surface area contributed by atoms with Crippen LogP contribution in [0.1, 0.15) is 36.0 Å². The molecule has 0 aliphatic carbocycles. The third kappa shape index (κ3) is 3.73. The van der Waals surface area contributed by atoms with Crippen LogP contribution in [0.2, 0.25) is 0 Å². The summed E-state index contributed by atoms with van der Waals surface area (Å²) < 4.78 is 0. The molecule has 20 heavy (non-hydrogen) atoms. The molecule has 3 amide bonds. The van der Waals surface area contributed by atoms with Gasteiger partial charge in [-0.05, 0) is 37.1 Å². The molecule has 0 aromatic heterocycles. The molecule has 0 spiro atoms. The van der Waals surface area contributed by atoms with Gasteiger partial charge >= 0.3 is 6.03 Å². The van der Waals surface area contributed by atoms with Crippen LogP contribution >= 0.6 is 0 Å². The SMILES string of the molecule is CNC(=O)Nc1ccc(C(=O)N2CCCCCC2)cc1. The van der Waals surface area contributed by atoms with Gasteiger partial charge in [-0.3, -0.25) is 4.79 Å². The van der Waals surface area contributed by atoms with Gasteiger partial charge in [-0.15, -0.1) is 0 Å². The van der Waals surface area contributed by atoms with E-state index in [-0.39, 0.29) is 11.9 Å². The van der Waals surface area contributed by atoms with Gasteiger partial charge in [0.2, 0.25) is 0 Å². The predicted octanol–water partition coefficient (Wildman–Crippen LogP) is 2.45. The van der Waals surface area contributed by atoms with Crippen LogP contribution in [0.4, 0.5) is 10.5 Å². The van der Waals surface area contributed by atoms with E-state index in [1.165, 1.54) is 12.8 Å². The van der Waals surface area contributed by atoms with Crippen LogP contribution in [0.3, 0.4) is 0 Å². The first-order valence-electron chi connectivity index (χ1n) is 7.09. The number of amides is 3. The van der Waals surface area contributed by atoms with Crippen molar-refractivity contribution in [3.05, 3.63) is 29.8 Å². The van der Waals surface area contributed by atoms with E-state index in [1.54, 1.807) is 31.3 Å². The summed E-state index contributed by atoms with van der Waals surface area (Å²) in [4.78, 5) is 25.5. The number of hydrogen-bond donors (Lipinski definition) is 2. The van der Waals surface area contributed by atoms with Crippen molar-refractivity contribution in [2.24, 2.45) is 0 Å². The molecule has 0 bridgehead atoms. The summed E-state index contributed by atoms with van der Waals surface area (Å²) in [7, 11) is 1.56. The molecule has 1 aromatic rings. The van der Waals surface area contributed by atoms with Crippen molar-refractivity contribution in [1.29, 1.82) is 0 Å². The van der Waals surface area contributed by atoms with Gasteiger partial charge in [0.15, 0.2) is 0 Å². The van der Waals surface area contributed by atoms with E-state index in [0.717, 1.165) is 25.9 Å². The Balaban J connectivity index is 2.01. The third-order valence-corrected chi connectivity index (χ3v) is 3.51. The Bertz CT molecular complexity index is 463. The number of hydrogen-bond acceptors (Lipinski definition) is 2. The first kappa shape index (κ1) is 14.4. The maximum absolute atomic E-state index is 12.4. The van der Waals surface area contributed by atoms with E-state index in [4.69, 9.17) is 0 Å². The fourth-order valence-corrected chi connectivity index (χ4v) is 2.35. The molecule has 0 saturated carbocycles. The summed E-state index contributed by atoms with van der Waals surface area (Å²) in [5.74, 6) is 0.0818. The van der Waals surface area contributed by atoms with Crippen LogP contribution in [0.5, 0.6) is 0 Å². The molecular formula is C15H21N3O2. The fourth-order valence-electron chi connectivity index (χ4n) is 2.35. The molecule has 1 saturated heterocycles. The van der Waals surface area contributed by atoms with Gasteiger partial charge in [-0.1, -0.05) is 12.8 Å². The number of likely N-dealkylation sites (tertiary alicyclic amines) is 1. The standard InChI is InChI=1S/C15H21N3O2/c1-16-15(20)17-13-8-6-12(7-9-13)14(19)18-10-4-2-3-5-11-18/h6-9H,2-5,10-11H2,1H3,(H2,16,17,20). The number of benzene rings is 1. The zero-order valence-corrected chi connectivity index (χ0v) is 11.8. The molecule has 1 heterocycles. The van der Waals surface area contributed by atoms with Crippen molar-refractivity contribution in [3.8, 4) is 0 Å². The molecule has 0 radical (unpaired) electrons. The molecule has 0 unspecified atom stereocenters. The van der Waals surface area contributed by atoms with Crippen molar-refractivity contribution < 1.29 is 9.59 Å². The van der Waals surface area contributed by atoms with Crippen LogP contribution < -0.4 is 10.6 Å². The number of nitrogens with zero attached hydrogens (tertiary/aromatic N) is 1. The highest BCUT2D eigenvalue weighted by Gasteiger charge is 2.17. The summed E-state index contributed by atoms with van der Waals surface area (Å²) in [5.41, 5.74) is 1.35. The smallest absolute Gasteiger partial charge is 0.318 e. The molecule has 5 heteroatoms. The van der Waals surface area contributed by atoms with E-state index in [1.807, 2.05) is 4.90 Å². The Kier molecular flexibility index (Phi) is 4.98.